The number of hydrogen-bond donors (Lipinski definition) is 1. The minimum absolute atomic E-state index is 0.0559. The molecule has 32 heavy (non-hydrogen) atoms. The van der Waals surface area contributed by atoms with Crippen LogP contribution >= 0.6 is 0 Å². The third-order valence-electron chi connectivity index (χ3n) is 5.99. The largest absolute Gasteiger partial charge is 0.350 e. The summed E-state index contributed by atoms with van der Waals surface area (Å²) in [5.74, 6) is 0.804. The highest BCUT2D eigenvalue weighted by molar-refractivity contribution is 5.93. The number of para-hydroxylation sites is 1. The number of H-pyrrole nitrogens is 1. The number of amides is 1. The molecule has 0 bridgehead atoms. The minimum Gasteiger partial charge on any atom is -0.337 e. The van der Waals surface area contributed by atoms with E-state index in [2.05, 4.69) is 15.3 Å². The number of aromatic nitrogens is 5. The number of carbonyl (C=O) groups excluding carboxylic acids is 1. The number of carbonyl (C=O) groups is 1. The van der Waals surface area contributed by atoms with Gasteiger partial charge in [0, 0.05) is 31.6 Å². The zero-order valence-electron chi connectivity index (χ0n) is 17.8. The van der Waals surface area contributed by atoms with Crippen molar-refractivity contribution >= 4 is 5.91 Å². The smallest absolute Gasteiger partial charge is 0.337 e. The molecular formula is C24H24N6O2. The zero-order valence-corrected chi connectivity index (χ0v) is 17.8. The zero-order chi connectivity index (χ0) is 22.1. The summed E-state index contributed by atoms with van der Waals surface area (Å²) in [7, 11) is 1.67. The molecule has 0 radical (unpaired) electrons. The molecule has 4 aromatic rings. The van der Waals surface area contributed by atoms with Gasteiger partial charge in [0.15, 0.2) is 0 Å². The first-order chi connectivity index (χ1) is 15.6. The number of likely N-dealkylation sites (tertiary alicyclic amines) is 1. The van der Waals surface area contributed by atoms with Gasteiger partial charge in [0.1, 0.15) is 11.5 Å². The maximum absolute atomic E-state index is 13.0. The van der Waals surface area contributed by atoms with E-state index in [1.807, 2.05) is 65.6 Å². The van der Waals surface area contributed by atoms with E-state index in [9.17, 15) is 9.59 Å². The Labute approximate surface area is 185 Å². The molecule has 0 atom stereocenters. The lowest BCUT2D eigenvalue weighted by Crippen LogP contribution is -2.38. The van der Waals surface area contributed by atoms with Crippen molar-refractivity contribution in [3.05, 3.63) is 88.7 Å². The first-order valence-electron chi connectivity index (χ1n) is 10.7. The second kappa shape index (κ2) is 8.30. The molecule has 162 valence electrons. The number of aryl methyl sites for hydroxylation is 1. The Morgan fingerprint density at radius 2 is 1.66 bits per heavy atom. The summed E-state index contributed by atoms with van der Waals surface area (Å²) in [6.07, 6.45) is 1.49. The number of rotatable bonds is 4. The van der Waals surface area contributed by atoms with E-state index in [0.29, 0.717) is 18.8 Å². The molecule has 0 unspecified atom stereocenters. The predicted octanol–water partition coefficient (Wildman–Crippen LogP) is 2.98. The van der Waals surface area contributed by atoms with Gasteiger partial charge in [-0.2, -0.15) is 10.2 Å². The lowest BCUT2D eigenvalue weighted by molar-refractivity contribution is 0.0704. The molecule has 1 amide bonds. The van der Waals surface area contributed by atoms with Crippen LogP contribution in [-0.2, 0) is 7.05 Å². The minimum atomic E-state index is -0.157. The van der Waals surface area contributed by atoms with Gasteiger partial charge in [-0.25, -0.2) is 14.0 Å². The lowest BCUT2D eigenvalue weighted by atomic mass is 9.95. The summed E-state index contributed by atoms with van der Waals surface area (Å²) in [6, 6.07) is 21.1. The van der Waals surface area contributed by atoms with Gasteiger partial charge in [-0.3, -0.25) is 9.89 Å². The molecule has 1 aliphatic heterocycles. The first kappa shape index (κ1) is 20.0. The average Bonchev–Trinajstić information content (AvgIpc) is 3.45. The van der Waals surface area contributed by atoms with Gasteiger partial charge >= 0.3 is 5.69 Å². The van der Waals surface area contributed by atoms with E-state index in [4.69, 9.17) is 0 Å². The third kappa shape index (κ3) is 3.64. The molecule has 1 N–H and O–H groups in total. The van der Waals surface area contributed by atoms with Crippen molar-refractivity contribution in [2.24, 2.45) is 7.05 Å². The van der Waals surface area contributed by atoms with E-state index in [-0.39, 0.29) is 17.5 Å². The van der Waals surface area contributed by atoms with E-state index < -0.39 is 0 Å². The molecule has 0 saturated carbocycles. The Hall–Kier alpha value is -3.94. The highest BCUT2D eigenvalue weighted by Gasteiger charge is 2.29. The Kier molecular flexibility index (Phi) is 5.18. The Morgan fingerprint density at radius 3 is 2.34 bits per heavy atom. The summed E-state index contributed by atoms with van der Waals surface area (Å²) >= 11 is 0. The molecule has 1 aliphatic rings. The van der Waals surface area contributed by atoms with Gasteiger partial charge in [0.2, 0.25) is 0 Å². The topological polar surface area (TPSA) is 88.8 Å². The monoisotopic (exact) mass is 428 g/mol. The third-order valence-corrected chi connectivity index (χ3v) is 5.99. The van der Waals surface area contributed by atoms with Gasteiger partial charge in [-0.15, -0.1) is 0 Å². The van der Waals surface area contributed by atoms with Crippen molar-refractivity contribution in [2.45, 2.75) is 18.8 Å². The van der Waals surface area contributed by atoms with Crippen LogP contribution in [0.5, 0.6) is 0 Å². The fourth-order valence-corrected chi connectivity index (χ4v) is 4.27. The molecule has 1 saturated heterocycles. The van der Waals surface area contributed by atoms with E-state index in [1.54, 1.807) is 17.7 Å². The normalized spacial score (nSPS) is 14.6. The summed E-state index contributed by atoms with van der Waals surface area (Å²) in [6.45, 7) is 1.20. The second-order valence-corrected chi connectivity index (χ2v) is 8.03. The molecular weight excluding hydrogens is 404 g/mol. The van der Waals surface area contributed by atoms with Gasteiger partial charge < -0.3 is 4.90 Å². The van der Waals surface area contributed by atoms with Crippen molar-refractivity contribution in [3.8, 4) is 16.9 Å². The molecule has 3 heterocycles. The summed E-state index contributed by atoms with van der Waals surface area (Å²) in [5.41, 5.74) is 2.86. The Bertz CT molecular complexity index is 1280. The van der Waals surface area contributed by atoms with Crippen molar-refractivity contribution in [1.82, 2.24) is 29.4 Å². The van der Waals surface area contributed by atoms with Gasteiger partial charge in [-0.05, 0) is 31.0 Å². The van der Waals surface area contributed by atoms with E-state index >= 15 is 0 Å². The molecule has 8 heteroatoms. The van der Waals surface area contributed by atoms with Crippen LogP contribution in [0.25, 0.3) is 16.9 Å². The number of hydrogen-bond acceptors (Lipinski definition) is 4. The van der Waals surface area contributed by atoms with Crippen LogP contribution in [0.4, 0.5) is 0 Å². The van der Waals surface area contributed by atoms with Crippen molar-refractivity contribution in [1.29, 1.82) is 0 Å². The first-order valence-corrected chi connectivity index (χ1v) is 10.7. The van der Waals surface area contributed by atoms with Crippen LogP contribution < -0.4 is 5.69 Å². The van der Waals surface area contributed by atoms with Gasteiger partial charge in [-0.1, -0.05) is 48.5 Å². The molecule has 0 spiro atoms. The molecule has 2 aromatic heterocycles. The van der Waals surface area contributed by atoms with Crippen LogP contribution in [0.1, 0.15) is 35.1 Å². The maximum atomic E-state index is 13.0. The number of benzene rings is 2. The highest BCUT2D eigenvalue weighted by atomic mass is 16.2. The van der Waals surface area contributed by atoms with Crippen LogP contribution in [0.15, 0.2) is 71.5 Å². The van der Waals surface area contributed by atoms with Crippen LogP contribution in [0, 0.1) is 0 Å². The standard InChI is InChI=1S/C24H24N6O2/c1-28-24(32)30(19-10-6-3-7-11-19)22(27-28)18-12-14-29(15-13-18)23(31)21-16-20(25-26-21)17-8-4-2-5-9-17/h2-11,16,18H,12-15H2,1H3,(H,25,26). The number of piperidine rings is 1. The molecule has 1 fully saturated rings. The molecule has 8 nitrogen and oxygen atoms in total. The number of aromatic amines is 1. The average molecular weight is 428 g/mol. The summed E-state index contributed by atoms with van der Waals surface area (Å²) < 4.78 is 3.07. The van der Waals surface area contributed by atoms with Crippen LogP contribution in [-0.4, -0.2) is 48.4 Å². The van der Waals surface area contributed by atoms with E-state index in [1.165, 1.54) is 4.68 Å². The van der Waals surface area contributed by atoms with Crippen LogP contribution in [0.3, 0.4) is 0 Å². The summed E-state index contributed by atoms with van der Waals surface area (Å²) in [5, 5.41) is 11.7. The van der Waals surface area contributed by atoms with Crippen molar-refractivity contribution < 1.29 is 4.79 Å². The van der Waals surface area contributed by atoms with Gasteiger partial charge in [0.05, 0.1) is 11.4 Å². The fourth-order valence-electron chi connectivity index (χ4n) is 4.27. The van der Waals surface area contributed by atoms with Gasteiger partial charge in [0.25, 0.3) is 5.91 Å². The second-order valence-electron chi connectivity index (χ2n) is 8.03. The predicted molar refractivity (Wildman–Crippen MR) is 121 cm³/mol. The van der Waals surface area contributed by atoms with Crippen molar-refractivity contribution in [3.63, 3.8) is 0 Å². The lowest BCUT2D eigenvalue weighted by Gasteiger charge is -2.31. The quantitative estimate of drug-likeness (QED) is 0.541. The summed E-state index contributed by atoms with van der Waals surface area (Å²) in [4.78, 5) is 27.6. The SMILES string of the molecule is Cn1nc(C2CCN(C(=O)c3cc(-c4ccccc4)n[nH]3)CC2)n(-c2ccccc2)c1=O. The molecule has 5 rings (SSSR count). The molecule has 0 aliphatic carbocycles. The Morgan fingerprint density at radius 1 is 1.00 bits per heavy atom. The fraction of sp³-hybridized carbons (Fsp3) is 0.250. The number of nitrogens with zero attached hydrogens (tertiary/aromatic N) is 5. The van der Waals surface area contributed by atoms with Crippen LogP contribution in [0.2, 0.25) is 0 Å². The number of nitrogens with one attached hydrogen (secondary N) is 1. The van der Waals surface area contributed by atoms with Crippen molar-refractivity contribution in [2.75, 3.05) is 13.1 Å². The Balaban J connectivity index is 1.31. The highest BCUT2D eigenvalue weighted by Crippen LogP contribution is 2.28. The molecule has 2 aromatic carbocycles. The maximum Gasteiger partial charge on any atom is 0.350 e. The van der Waals surface area contributed by atoms with E-state index in [0.717, 1.165) is 35.6 Å².